The minimum absolute atomic E-state index is 0.0722. The van der Waals surface area contributed by atoms with Crippen LogP contribution in [0, 0.1) is 5.82 Å². The number of hydrogen-bond donors (Lipinski definition) is 1. The topological polar surface area (TPSA) is 84.9 Å². The number of carboxylic acid groups (broad SMARTS) is 1. The molecule has 0 saturated heterocycles. The van der Waals surface area contributed by atoms with E-state index in [1.165, 1.54) is 36.7 Å². The van der Waals surface area contributed by atoms with Crippen molar-refractivity contribution in [1.82, 2.24) is 5.16 Å². The van der Waals surface area contributed by atoms with Crippen molar-refractivity contribution in [2.75, 3.05) is 0 Å². The molecule has 0 fully saturated rings. The van der Waals surface area contributed by atoms with Crippen molar-refractivity contribution in [1.29, 1.82) is 0 Å². The quantitative estimate of drug-likeness (QED) is 0.911. The number of aromatic nitrogens is 1. The Balaban J connectivity index is 2.01. The van der Waals surface area contributed by atoms with Crippen LogP contribution < -0.4 is 0 Å². The van der Waals surface area contributed by atoms with E-state index in [2.05, 4.69) is 10.1 Å². The minimum Gasteiger partial charge on any atom is -0.480 e. The first-order valence-corrected chi connectivity index (χ1v) is 7.24. The average molecular weight is 330 g/mol. The molecule has 0 radical (unpaired) electrons. The lowest BCUT2D eigenvalue weighted by Crippen LogP contribution is -2.47. The third kappa shape index (κ3) is 2.85. The highest BCUT2D eigenvalue weighted by Crippen LogP contribution is 2.37. The molecular weight excluding hydrogens is 315 g/mol. The van der Waals surface area contributed by atoms with E-state index in [1.807, 2.05) is 0 Å². The normalized spacial score (nSPS) is 23.1. The molecule has 1 N–H and O–H groups in total. The summed E-state index contributed by atoms with van der Waals surface area (Å²) in [7, 11) is 0. The van der Waals surface area contributed by atoms with Gasteiger partial charge in [0.2, 0.25) is 0 Å². The van der Waals surface area contributed by atoms with Gasteiger partial charge in [-0.25, -0.2) is 4.39 Å². The van der Waals surface area contributed by atoms with Crippen LogP contribution in [0.15, 0.2) is 57.9 Å². The van der Waals surface area contributed by atoms with E-state index in [0.717, 1.165) is 0 Å². The molecule has 0 aliphatic carbocycles. The molecule has 24 heavy (non-hydrogen) atoms. The fourth-order valence-electron chi connectivity index (χ4n) is 2.68. The van der Waals surface area contributed by atoms with Gasteiger partial charge in [0.05, 0.1) is 12.8 Å². The first kappa shape index (κ1) is 16.1. The SMILES string of the molecule is CC1=CC(C(=O)O)(c2cccc(F)c2)C(OCc2cnoc2)N=C1. The monoisotopic (exact) mass is 330 g/mol. The van der Waals surface area contributed by atoms with Crippen molar-refractivity contribution in [3.05, 3.63) is 65.3 Å². The predicted molar refractivity (Wildman–Crippen MR) is 83.0 cm³/mol. The zero-order valence-electron chi connectivity index (χ0n) is 12.8. The maximum Gasteiger partial charge on any atom is 0.322 e. The number of aliphatic carboxylic acids is 1. The lowest BCUT2D eigenvalue weighted by molar-refractivity contribution is -0.148. The third-order valence-electron chi connectivity index (χ3n) is 3.81. The molecule has 124 valence electrons. The Morgan fingerprint density at radius 3 is 3.00 bits per heavy atom. The fourth-order valence-corrected chi connectivity index (χ4v) is 2.68. The van der Waals surface area contributed by atoms with Crippen molar-refractivity contribution in [2.24, 2.45) is 4.99 Å². The predicted octanol–water partition coefficient (Wildman–Crippen LogP) is 2.71. The minimum atomic E-state index is -1.61. The summed E-state index contributed by atoms with van der Waals surface area (Å²) in [6, 6.07) is 5.47. The zero-order chi connectivity index (χ0) is 17.2. The van der Waals surface area contributed by atoms with E-state index in [-0.39, 0.29) is 12.2 Å². The summed E-state index contributed by atoms with van der Waals surface area (Å²) >= 11 is 0. The summed E-state index contributed by atoms with van der Waals surface area (Å²) in [5.74, 6) is -1.69. The molecule has 0 bridgehead atoms. The maximum atomic E-state index is 13.7. The number of allylic oxidation sites excluding steroid dienone is 1. The largest absolute Gasteiger partial charge is 0.480 e. The van der Waals surface area contributed by atoms with Crippen LogP contribution in [0.1, 0.15) is 18.1 Å². The maximum absolute atomic E-state index is 13.7. The number of carboxylic acids is 1. The summed E-state index contributed by atoms with van der Waals surface area (Å²) < 4.78 is 24.1. The Kier molecular flexibility index (Phi) is 4.26. The van der Waals surface area contributed by atoms with E-state index in [0.29, 0.717) is 11.1 Å². The van der Waals surface area contributed by atoms with Crippen LogP contribution in [0.2, 0.25) is 0 Å². The van der Waals surface area contributed by atoms with E-state index in [1.54, 1.807) is 19.2 Å². The molecule has 7 heteroatoms. The van der Waals surface area contributed by atoms with Gasteiger partial charge in [-0.2, -0.15) is 0 Å². The van der Waals surface area contributed by atoms with E-state index in [4.69, 9.17) is 9.26 Å². The molecule has 1 aliphatic heterocycles. The smallest absolute Gasteiger partial charge is 0.322 e. The number of rotatable bonds is 5. The van der Waals surface area contributed by atoms with Crippen molar-refractivity contribution >= 4 is 12.2 Å². The first-order chi connectivity index (χ1) is 11.5. The summed E-state index contributed by atoms with van der Waals surface area (Å²) in [5.41, 5.74) is -0.0408. The average Bonchev–Trinajstić information content (AvgIpc) is 3.06. The number of ether oxygens (including phenoxy) is 1. The second kappa shape index (κ2) is 6.37. The number of carbonyl (C=O) groups is 1. The van der Waals surface area contributed by atoms with Gasteiger partial charge in [0.15, 0.2) is 11.6 Å². The molecule has 0 amide bonds. The van der Waals surface area contributed by atoms with Crippen molar-refractivity contribution < 1.29 is 23.6 Å². The highest BCUT2D eigenvalue weighted by Gasteiger charge is 2.48. The second-order valence-corrected chi connectivity index (χ2v) is 5.55. The van der Waals surface area contributed by atoms with Gasteiger partial charge in [0.1, 0.15) is 12.1 Å². The highest BCUT2D eigenvalue weighted by atomic mass is 19.1. The van der Waals surface area contributed by atoms with Crippen LogP contribution in [-0.4, -0.2) is 28.7 Å². The Labute approximate surface area is 137 Å². The fraction of sp³-hybridized carbons (Fsp3) is 0.235. The van der Waals surface area contributed by atoms with Crippen molar-refractivity contribution in [3.63, 3.8) is 0 Å². The lowest BCUT2D eigenvalue weighted by atomic mass is 9.76. The molecule has 0 saturated carbocycles. The Morgan fingerprint density at radius 1 is 1.50 bits per heavy atom. The number of halogens is 1. The van der Waals surface area contributed by atoms with Crippen LogP contribution in [0.4, 0.5) is 4.39 Å². The van der Waals surface area contributed by atoms with Gasteiger partial charge in [-0.1, -0.05) is 23.4 Å². The molecule has 2 unspecified atom stereocenters. The molecule has 2 heterocycles. The van der Waals surface area contributed by atoms with Crippen LogP contribution in [0.25, 0.3) is 0 Å². The Bertz CT molecular complexity index is 801. The van der Waals surface area contributed by atoms with Gasteiger partial charge in [-0.15, -0.1) is 0 Å². The van der Waals surface area contributed by atoms with E-state index < -0.39 is 23.4 Å². The van der Waals surface area contributed by atoms with E-state index >= 15 is 0 Å². The van der Waals surface area contributed by atoms with Gasteiger partial charge >= 0.3 is 5.97 Å². The van der Waals surface area contributed by atoms with Gasteiger partial charge in [0, 0.05) is 11.8 Å². The third-order valence-corrected chi connectivity index (χ3v) is 3.81. The first-order valence-electron chi connectivity index (χ1n) is 7.24. The molecular formula is C17H15FN2O4. The molecule has 2 atom stereocenters. The number of hydrogen-bond acceptors (Lipinski definition) is 5. The van der Waals surface area contributed by atoms with Gasteiger partial charge < -0.3 is 14.4 Å². The number of nitrogens with zero attached hydrogens (tertiary/aromatic N) is 2. The molecule has 1 aromatic heterocycles. The van der Waals surface area contributed by atoms with Crippen LogP contribution in [0.3, 0.4) is 0 Å². The standard InChI is InChI=1S/C17H15FN2O4/c1-11-6-17(16(21)22,13-3-2-4-14(18)5-13)15(19-7-11)23-9-12-8-20-24-10-12/h2-8,10,15H,9H2,1H3,(H,21,22). The number of dihydropyridines is 1. The van der Waals surface area contributed by atoms with Crippen molar-refractivity contribution in [2.45, 2.75) is 25.2 Å². The molecule has 1 aliphatic rings. The van der Waals surface area contributed by atoms with Gasteiger partial charge in [-0.3, -0.25) is 9.79 Å². The molecule has 0 spiro atoms. The zero-order valence-corrected chi connectivity index (χ0v) is 12.8. The van der Waals surface area contributed by atoms with E-state index in [9.17, 15) is 14.3 Å². The second-order valence-electron chi connectivity index (χ2n) is 5.55. The van der Waals surface area contributed by atoms with Gasteiger partial charge in [0.25, 0.3) is 0 Å². The summed E-state index contributed by atoms with van der Waals surface area (Å²) in [5, 5.41) is 13.5. The van der Waals surface area contributed by atoms with Crippen molar-refractivity contribution in [3.8, 4) is 0 Å². The Hall–Kier alpha value is -2.80. The molecule has 2 aromatic rings. The van der Waals surface area contributed by atoms with Crippen LogP contribution in [0.5, 0.6) is 0 Å². The van der Waals surface area contributed by atoms with Crippen LogP contribution in [-0.2, 0) is 21.6 Å². The van der Waals surface area contributed by atoms with Gasteiger partial charge in [-0.05, 0) is 30.2 Å². The number of benzene rings is 1. The molecule has 3 rings (SSSR count). The summed E-state index contributed by atoms with van der Waals surface area (Å²) in [6.45, 7) is 1.81. The summed E-state index contributed by atoms with van der Waals surface area (Å²) in [6.07, 6.45) is 4.90. The lowest BCUT2D eigenvalue weighted by Gasteiger charge is -2.35. The Morgan fingerprint density at radius 2 is 2.33 bits per heavy atom. The molecule has 6 nitrogen and oxygen atoms in total. The highest BCUT2D eigenvalue weighted by molar-refractivity contribution is 5.90. The number of aliphatic imine (C=N–C) groups is 1. The molecule has 1 aromatic carbocycles. The summed E-state index contributed by atoms with van der Waals surface area (Å²) in [4.78, 5) is 16.4. The van der Waals surface area contributed by atoms with Crippen LogP contribution >= 0.6 is 0 Å².